The van der Waals surface area contributed by atoms with Crippen LogP contribution in [-0.2, 0) is 0 Å². The molecule has 15 heavy (non-hydrogen) atoms. The molecule has 0 aliphatic carbocycles. The van der Waals surface area contributed by atoms with E-state index >= 15 is 0 Å². The molecule has 0 unspecified atom stereocenters. The van der Waals surface area contributed by atoms with Crippen LogP contribution < -0.4 is 9.47 Å². The molecule has 0 aliphatic heterocycles. The summed E-state index contributed by atoms with van der Waals surface area (Å²) in [6, 6.07) is 0. The fourth-order valence-electron chi connectivity index (χ4n) is 0.997. The molecule has 1 heterocycles. The Balaban J connectivity index is 3.12. The summed E-state index contributed by atoms with van der Waals surface area (Å²) in [7, 11) is 2.90. The lowest BCUT2D eigenvalue weighted by Gasteiger charge is -2.05. The monoisotopic (exact) mass is 208 g/mol. The number of carbonyl (C=O) groups excluding carboxylic acids is 1. The number of methoxy groups -OCH3 is 2. The van der Waals surface area contributed by atoms with Gasteiger partial charge in [-0.05, 0) is 13.0 Å². The Morgan fingerprint density at radius 3 is 2.67 bits per heavy atom. The van der Waals surface area contributed by atoms with Gasteiger partial charge in [0, 0.05) is 0 Å². The summed E-state index contributed by atoms with van der Waals surface area (Å²) >= 11 is 0. The highest BCUT2D eigenvalue weighted by molar-refractivity contribution is 6.04. The Morgan fingerprint density at radius 1 is 1.40 bits per heavy atom. The Bertz CT molecular complexity index is 388. The molecule has 0 N–H and O–H groups in total. The lowest BCUT2D eigenvalue weighted by molar-refractivity contribution is 0.103. The van der Waals surface area contributed by atoms with Gasteiger partial charge in [-0.15, -0.1) is 0 Å². The molecule has 0 spiro atoms. The summed E-state index contributed by atoms with van der Waals surface area (Å²) in [5.74, 6) is 0.228. The zero-order chi connectivity index (χ0) is 11.3. The van der Waals surface area contributed by atoms with E-state index in [2.05, 4.69) is 9.97 Å². The van der Waals surface area contributed by atoms with Gasteiger partial charge in [0.25, 0.3) is 0 Å². The number of allylic oxidation sites excluding steroid dienone is 2. The van der Waals surface area contributed by atoms with Crippen LogP contribution in [0.4, 0.5) is 0 Å². The molecule has 0 radical (unpaired) electrons. The zero-order valence-electron chi connectivity index (χ0n) is 8.85. The maximum Gasteiger partial charge on any atom is 0.247 e. The highest BCUT2D eigenvalue weighted by Gasteiger charge is 2.13. The Hall–Kier alpha value is -1.91. The van der Waals surface area contributed by atoms with Crippen molar-refractivity contribution in [2.24, 2.45) is 0 Å². The highest BCUT2D eigenvalue weighted by Crippen LogP contribution is 2.17. The average molecular weight is 208 g/mol. The molecule has 0 aromatic carbocycles. The molecule has 0 fully saturated rings. The second kappa shape index (κ2) is 5.09. The van der Waals surface area contributed by atoms with Gasteiger partial charge in [-0.1, -0.05) is 6.08 Å². The van der Waals surface area contributed by atoms with Crippen molar-refractivity contribution >= 4 is 5.78 Å². The number of rotatable bonds is 4. The Labute approximate surface area is 87.8 Å². The number of ketones is 1. The molecule has 0 saturated heterocycles. The van der Waals surface area contributed by atoms with Gasteiger partial charge >= 0.3 is 0 Å². The maximum absolute atomic E-state index is 11.5. The maximum atomic E-state index is 11.5. The zero-order valence-corrected chi connectivity index (χ0v) is 8.85. The van der Waals surface area contributed by atoms with Crippen LogP contribution >= 0.6 is 0 Å². The van der Waals surface area contributed by atoms with E-state index in [1.165, 1.54) is 26.5 Å². The first-order valence-corrected chi connectivity index (χ1v) is 4.35. The summed E-state index contributed by atoms with van der Waals surface area (Å²) < 4.78 is 9.82. The van der Waals surface area contributed by atoms with E-state index in [1.807, 2.05) is 0 Å². The van der Waals surface area contributed by atoms with E-state index in [4.69, 9.17) is 9.47 Å². The minimum atomic E-state index is -0.246. The van der Waals surface area contributed by atoms with E-state index in [1.54, 1.807) is 13.0 Å². The number of hydrogen-bond acceptors (Lipinski definition) is 5. The van der Waals surface area contributed by atoms with Crippen molar-refractivity contribution in [1.82, 2.24) is 9.97 Å². The van der Waals surface area contributed by atoms with Crippen LogP contribution in [0.5, 0.6) is 11.8 Å². The number of aromatic nitrogens is 2. The minimum absolute atomic E-state index is 0.164. The molecule has 5 heteroatoms. The van der Waals surface area contributed by atoms with Crippen molar-refractivity contribution in [3.8, 4) is 11.8 Å². The molecule has 1 rings (SSSR count). The highest BCUT2D eigenvalue weighted by atomic mass is 16.5. The number of carbonyl (C=O) groups is 1. The largest absolute Gasteiger partial charge is 0.480 e. The molecule has 0 amide bonds. The average Bonchev–Trinajstić information content (AvgIpc) is 2.28. The number of hydrogen-bond donors (Lipinski definition) is 0. The van der Waals surface area contributed by atoms with Gasteiger partial charge in [0.15, 0.2) is 5.69 Å². The molecule has 80 valence electrons. The van der Waals surface area contributed by atoms with Crippen molar-refractivity contribution in [3.63, 3.8) is 0 Å². The van der Waals surface area contributed by atoms with Gasteiger partial charge in [-0.2, -0.15) is 4.98 Å². The third-order valence-corrected chi connectivity index (χ3v) is 1.67. The molecule has 0 bridgehead atoms. The lowest BCUT2D eigenvalue weighted by Crippen LogP contribution is -2.05. The van der Waals surface area contributed by atoms with Crippen LogP contribution in [0.2, 0.25) is 0 Å². The van der Waals surface area contributed by atoms with E-state index in [0.717, 1.165) is 0 Å². The van der Waals surface area contributed by atoms with Gasteiger partial charge < -0.3 is 9.47 Å². The van der Waals surface area contributed by atoms with E-state index in [9.17, 15) is 4.79 Å². The molecular formula is C10H12N2O3. The van der Waals surface area contributed by atoms with Crippen LogP contribution in [0.25, 0.3) is 0 Å². The second-order valence-corrected chi connectivity index (χ2v) is 2.63. The third-order valence-electron chi connectivity index (χ3n) is 1.67. The van der Waals surface area contributed by atoms with E-state index in [0.29, 0.717) is 5.88 Å². The molecule has 1 aromatic rings. The predicted molar refractivity (Wildman–Crippen MR) is 54.3 cm³/mol. The summed E-state index contributed by atoms with van der Waals surface area (Å²) in [4.78, 5) is 19.4. The van der Waals surface area contributed by atoms with Crippen molar-refractivity contribution in [3.05, 3.63) is 24.0 Å². The quantitative estimate of drug-likeness (QED) is 0.550. The van der Waals surface area contributed by atoms with E-state index in [-0.39, 0.29) is 17.4 Å². The summed E-state index contributed by atoms with van der Waals surface area (Å²) in [6.45, 7) is 1.75. The minimum Gasteiger partial charge on any atom is -0.480 e. The lowest BCUT2D eigenvalue weighted by atomic mass is 10.2. The summed E-state index contributed by atoms with van der Waals surface area (Å²) in [6.07, 6.45) is 4.41. The SMILES string of the molecule is C/C=C/C(=O)c1ncc(OC)nc1OC. The second-order valence-electron chi connectivity index (χ2n) is 2.63. The van der Waals surface area contributed by atoms with Gasteiger partial charge in [-0.3, -0.25) is 4.79 Å². The molecule has 0 aliphatic rings. The Morgan fingerprint density at radius 2 is 2.13 bits per heavy atom. The molecule has 1 aromatic heterocycles. The predicted octanol–water partition coefficient (Wildman–Crippen LogP) is 1.25. The van der Waals surface area contributed by atoms with E-state index < -0.39 is 0 Å². The van der Waals surface area contributed by atoms with Gasteiger partial charge in [-0.25, -0.2) is 4.98 Å². The van der Waals surface area contributed by atoms with Crippen LogP contribution in [0.3, 0.4) is 0 Å². The fraction of sp³-hybridized carbons (Fsp3) is 0.300. The summed E-state index contributed by atoms with van der Waals surface area (Å²) in [5.41, 5.74) is 0.177. The molecular weight excluding hydrogens is 196 g/mol. The van der Waals surface area contributed by atoms with Crippen molar-refractivity contribution < 1.29 is 14.3 Å². The number of nitrogens with zero attached hydrogens (tertiary/aromatic N) is 2. The molecule has 5 nitrogen and oxygen atoms in total. The molecule has 0 saturated carbocycles. The normalized spacial score (nSPS) is 10.3. The van der Waals surface area contributed by atoms with Gasteiger partial charge in [0.05, 0.1) is 20.4 Å². The van der Waals surface area contributed by atoms with Crippen LogP contribution in [0.1, 0.15) is 17.4 Å². The number of ether oxygens (including phenoxy) is 2. The third kappa shape index (κ3) is 2.52. The smallest absolute Gasteiger partial charge is 0.247 e. The first-order valence-electron chi connectivity index (χ1n) is 4.35. The summed E-state index contributed by atoms with van der Waals surface area (Å²) in [5, 5.41) is 0. The topological polar surface area (TPSA) is 61.3 Å². The standard InChI is InChI=1S/C10H12N2O3/c1-4-5-7(13)9-10(15-3)12-8(14-2)6-11-9/h4-6H,1-3H3/b5-4+. The first-order chi connectivity index (χ1) is 7.22. The van der Waals surface area contributed by atoms with Crippen molar-refractivity contribution in [2.45, 2.75) is 6.92 Å². The fourth-order valence-corrected chi connectivity index (χ4v) is 0.997. The van der Waals surface area contributed by atoms with Crippen LogP contribution in [-0.4, -0.2) is 30.0 Å². The van der Waals surface area contributed by atoms with Gasteiger partial charge in [0.2, 0.25) is 17.5 Å². The first kappa shape index (κ1) is 11.2. The van der Waals surface area contributed by atoms with Crippen molar-refractivity contribution in [2.75, 3.05) is 14.2 Å². The Kier molecular flexibility index (Phi) is 3.79. The van der Waals surface area contributed by atoms with Gasteiger partial charge in [0.1, 0.15) is 0 Å². The van der Waals surface area contributed by atoms with Crippen LogP contribution in [0.15, 0.2) is 18.3 Å². The van der Waals surface area contributed by atoms with Crippen LogP contribution in [0, 0.1) is 0 Å². The van der Waals surface area contributed by atoms with Crippen molar-refractivity contribution in [1.29, 1.82) is 0 Å². The molecule has 0 atom stereocenters.